The average Bonchev–Trinajstić information content (AvgIpc) is 3.52. The Labute approximate surface area is 227 Å². The number of aliphatic hydroxyl groups excluding tert-OH is 1. The molecule has 3 aromatic rings. The highest BCUT2D eigenvalue weighted by Crippen LogP contribution is 2.37. The van der Waals surface area contributed by atoms with Gasteiger partial charge in [0.15, 0.2) is 5.69 Å². The summed E-state index contributed by atoms with van der Waals surface area (Å²) in [6.07, 6.45) is -4.69. The topological polar surface area (TPSA) is 125 Å². The van der Waals surface area contributed by atoms with Gasteiger partial charge in [0.25, 0.3) is 5.91 Å². The molecular formula is C27H27F3N6O4. The third-order valence-corrected chi connectivity index (χ3v) is 7.19. The molecule has 1 aromatic heterocycles. The smallest absolute Gasteiger partial charge is 0.392 e. The highest BCUT2D eigenvalue weighted by Gasteiger charge is 2.43. The molecule has 40 heavy (non-hydrogen) atoms. The summed E-state index contributed by atoms with van der Waals surface area (Å²) < 4.78 is 42.5. The Hall–Kier alpha value is -4.23. The lowest BCUT2D eigenvalue weighted by Crippen LogP contribution is -2.39. The number of aliphatic hydroxyl groups is 1. The van der Waals surface area contributed by atoms with Gasteiger partial charge in [-0.1, -0.05) is 6.07 Å². The number of amides is 3. The minimum Gasteiger partial charge on any atom is -0.392 e. The Kier molecular flexibility index (Phi) is 7.10. The maximum atomic E-state index is 13.9. The molecule has 0 aliphatic carbocycles. The van der Waals surface area contributed by atoms with Crippen LogP contribution in [0.25, 0.3) is 5.69 Å². The Morgan fingerprint density at radius 2 is 1.85 bits per heavy atom. The van der Waals surface area contributed by atoms with E-state index in [1.807, 2.05) is 4.90 Å². The van der Waals surface area contributed by atoms with Crippen molar-refractivity contribution in [3.63, 3.8) is 0 Å². The van der Waals surface area contributed by atoms with Crippen molar-refractivity contribution in [1.29, 1.82) is 0 Å². The summed E-state index contributed by atoms with van der Waals surface area (Å²) in [5, 5.41) is 13.4. The summed E-state index contributed by atoms with van der Waals surface area (Å²) in [6.45, 7) is 1.23. The van der Waals surface area contributed by atoms with Crippen LogP contribution in [0.5, 0.6) is 0 Å². The second-order valence-electron chi connectivity index (χ2n) is 9.85. The van der Waals surface area contributed by atoms with Crippen LogP contribution in [-0.2, 0) is 17.4 Å². The van der Waals surface area contributed by atoms with Crippen molar-refractivity contribution in [1.82, 2.24) is 14.7 Å². The molecule has 3 heterocycles. The van der Waals surface area contributed by atoms with Gasteiger partial charge in [-0.15, -0.1) is 0 Å². The molecule has 210 valence electrons. The monoisotopic (exact) mass is 556 g/mol. The van der Waals surface area contributed by atoms with Crippen LogP contribution >= 0.6 is 0 Å². The van der Waals surface area contributed by atoms with E-state index in [0.29, 0.717) is 30.9 Å². The number of anilines is 2. The molecule has 1 saturated heterocycles. The van der Waals surface area contributed by atoms with E-state index in [1.54, 1.807) is 31.3 Å². The van der Waals surface area contributed by atoms with Crippen molar-refractivity contribution in [2.75, 3.05) is 43.0 Å². The number of primary amides is 1. The van der Waals surface area contributed by atoms with Crippen LogP contribution in [0.15, 0.2) is 48.5 Å². The average molecular weight is 557 g/mol. The number of carbonyl (C=O) groups excluding carboxylic acids is 3. The number of fused-ring (bicyclic) bond motifs is 1. The fourth-order valence-corrected chi connectivity index (χ4v) is 5.07. The summed E-state index contributed by atoms with van der Waals surface area (Å²) in [5.74, 6) is -1.62. The minimum atomic E-state index is -4.79. The number of nitrogens with two attached hydrogens (primary N) is 1. The first-order valence-electron chi connectivity index (χ1n) is 12.6. The van der Waals surface area contributed by atoms with E-state index in [-0.39, 0.29) is 47.9 Å². The number of rotatable bonds is 6. The molecular weight excluding hydrogens is 529 g/mol. The summed E-state index contributed by atoms with van der Waals surface area (Å²) >= 11 is 0. The molecule has 0 saturated carbocycles. The fourth-order valence-electron chi connectivity index (χ4n) is 5.07. The van der Waals surface area contributed by atoms with Crippen LogP contribution in [0.1, 0.15) is 38.5 Å². The predicted molar refractivity (Wildman–Crippen MR) is 139 cm³/mol. The number of benzene rings is 2. The zero-order valence-corrected chi connectivity index (χ0v) is 21.6. The van der Waals surface area contributed by atoms with Gasteiger partial charge in [-0.05, 0) is 55.3 Å². The zero-order valence-electron chi connectivity index (χ0n) is 21.6. The highest BCUT2D eigenvalue weighted by molar-refractivity contribution is 6.08. The SMILES string of the molecule is CN(C(=O)CN1CC[C@@H](O)C1)c1ccc(N2CCc3c(C(F)(F)F)nn(-c4cccc(C(N)=O)c4)c3C2=O)cc1. The predicted octanol–water partition coefficient (Wildman–Crippen LogP) is 2.22. The van der Waals surface area contributed by atoms with Crippen LogP contribution in [0.2, 0.25) is 0 Å². The number of halogens is 3. The second-order valence-corrected chi connectivity index (χ2v) is 9.85. The van der Waals surface area contributed by atoms with Gasteiger partial charge >= 0.3 is 6.18 Å². The van der Waals surface area contributed by atoms with Crippen molar-refractivity contribution >= 4 is 29.1 Å². The normalized spacial score (nSPS) is 17.7. The molecule has 2 aliphatic heterocycles. The molecule has 2 aliphatic rings. The molecule has 0 radical (unpaired) electrons. The number of hydrogen-bond donors (Lipinski definition) is 2. The molecule has 5 rings (SSSR count). The van der Waals surface area contributed by atoms with E-state index < -0.39 is 29.8 Å². The Bertz CT molecular complexity index is 1470. The van der Waals surface area contributed by atoms with Gasteiger partial charge in [-0.2, -0.15) is 18.3 Å². The van der Waals surface area contributed by atoms with Gasteiger partial charge in [0, 0.05) is 49.2 Å². The number of aromatic nitrogens is 2. The van der Waals surface area contributed by atoms with Crippen LogP contribution in [-0.4, -0.2) is 76.8 Å². The van der Waals surface area contributed by atoms with E-state index >= 15 is 0 Å². The molecule has 1 atom stereocenters. The van der Waals surface area contributed by atoms with Gasteiger partial charge in [0.05, 0.1) is 18.3 Å². The number of β-amino-alcohol motifs (C(OH)–C–C–N with tert-alkyl or cyclic N) is 1. The highest BCUT2D eigenvalue weighted by atomic mass is 19.4. The fraction of sp³-hybridized carbons (Fsp3) is 0.333. The Morgan fingerprint density at radius 1 is 1.12 bits per heavy atom. The third-order valence-electron chi connectivity index (χ3n) is 7.19. The van der Waals surface area contributed by atoms with Gasteiger partial charge in [-0.3, -0.25) is 19.3 Å². The van der Waals surface area contributed by atoms with Crippen LogP contribution in [0.4, 0.5) is 24.5 Å². The minimum absolute atomic E-state index is 0.00661. The number of carbonyl (C=O) groups is 3. The van der Waals surface area contributed by atoms with Gasteiger partial charge in [0.1, 0.15) is 5.69 Å². The van der Waals surface area contributed by atoms with Crippen molar-refractivity contribution in [3.8, 4) is 5.69 Å². The Balaban J connectivity index is 1.42. The zero-order chi connectivity index (χ0) is 28.8. The number of likely N-dealkylation sites (N-methyl/N-ethyl adjacent to an activating group) is 1. The van der Waals surface area contributed by atoms with Crippen LogP contribution < -0.4 is 15.5 Å². The van der Waals surface area contributed by atoms with E-state index in [9.17, 15) is 32.7 Å². The first-order valence-corrected chi connectivity index (χ1v) is 12.6. The van der Waals surface area contributed by atoms with Crippen molar-refractivity contribution in [2.45, 2.75) is 25.1 Å². The largest absolute Gasteiger partial charge is 0.435 e. The lowest BCUT2D eigenvalue weighted by atomic mass is 10.0. The Morgan fingerprint density at radius 3 is 2.48 bits per heavy atom. The standard InChI is InChI=1S/C27H27F3N6O4/c1-33(22(38)15-34-11-9-20(37)14-34)17-5-7-18(8-6-17)35-12-10-21-23(26(35)40)36(32-24(21)27(28,29)30)19-4-2-3-16(13-19)25(31)39/h2-8,13,20,37H,9-12,14-15H2,1H3,(H2,31,39)/t20-/m1/s1. The van der Waals surface area contributed by atoms with E-state index in [0.717, 1.165) is 4.68 Å². The molecule has 3 amide bonds. The second kappa shape index (κ2) is 10.4. The third kappa shape index (κ3) is 5.17. The van der Waals surface area contributed by atoms with Gasteiger partial charge in [0.2, 0.25) is 11.8 Å². The number of alkyl halides is 3. The molecule has 13 heteroatoms. The maximum absolute atomic E-state index is 13.9. The van der Waals surface area contributed by atoms with Crippen LogP contribution in [0.3, 0.4) is 0 Å². The van der Waals surface area contributed by atoms with Gasteiger partial charge < -0.3 is 20.6 Å². The van der Waals surface area contributed by atoms with Gasteiger partial charge in [-0.25, -0.2) is 4.68 Å². The van der Waals surface area contributed by atoms with E-state index in [2.05, 4.69) is 5.10 Å². The van der Waals surface area contributed by atoms with Crippen molar-refractivity contribution in [2.24, 2.45) is 5.73 Å². The first-order chi connectivity index (χ1) is 18.9. The van der Waals surface area contributed by atoms with Crippen molar-refractivity contribution in [3.05, 3.63) is 71.0 Å². The number of nitrogens with zero attached hydrogens (tertiary/aromatic N) is 5. The van der Waals surface area contributed by atoms with Crippen molar-refractivity contribution < 1.29 is 32.7 Å². The van der Waals surface area contributed by atoms with E-state index in [4.69, 9.17) is 5.73 Å². The summed E-state index contributed by atoms with van der Waals surface area (Å²) in [7, 11) is 1.62. The molecule has 10 nitrogen and oxygen atoms in total. The van der Waals surface area contributed by atoms with Crippen LogP contribution in [0, 0.1) is 0 Å². The molecule has 0 bridgehead atoms. The lowest BCUT2D eigenvalue weighted by molar-refractivity contribution is -0.142. The lowest BCUT2D eigenvalue weighted by Gasteiger charge is -2.28. The first kappa shape index (κ1) is 27.3. The molecule has 2 aromatic carbocycles. The number of likely N-dealkylation sites (tertiary alicyclic amines) is 1. The molecule has 0 unspecified atom stereocenters. The van der Waals surface area contributed by atoms with E-state index in [1.165, 1.54) is 34.1 Å². The summed E-state index contributed by atoms with van der Waals surface area (Å²) in [6, 6.07) is 12.2. The number of hydrogen-bond acceptors (Lipinski definition) is 6. The maximum Gasteiger partial charge on any atom is 0.435 e. The quantitative estimate of drug-likeness (QED) is 0.480. The molecule has 3 N–H and O–H groups in total. The molecule has 1 fully saturated rings. The molecule has 0 spiro atoms. The summed E-state index contributed by atoms with van der Waals surface area (Å²) in [4.78, 5) is 42.7. The summed E-state index contributed by atoms with van der Waals surface area (Å²) in [5.41, 5.74) is 4.89.